The van der Waals surface area contributed by atoms with E-state index in [4.69, 9.17) is 5.11 Å². The van der Waals surface area contributed by atoms with Crippen molar-refractivity contribution >= 4 is 5.97 Å². The molecule has 3 nitrogen and oxygen atoms in total. The summed E-state index contributed by atoms with van der Waals surface area (Å²) in [5.74, 6) is -0.914. The van der Waals surface area contributed by atoms with Crippen LogP contribution in [0.1, 0.15) is 34.6 Å². The van der Waals surface area contributed by atoms with Crippen molar-refractivity contribution in [2.45, 2.75) is 34.6 Å². The van der Waals surface area contributed by atoms with Gasteiger partial charge in [-0.3, -0.25) is 0 Å². The Morgan fingerprint density at radius 1 is 1.27 bits per heavy atom. The molecule has 0 fully saturated rings. The number of hydrogen-bond donors (Lipinski definition) is 1. The minimum absolute atomic E-state index is 0.243. The standard InChI is InChI=1S/C6H15N.C6H8O2/c1-4-7(5-2)6-3;1-3-4-5(2)6(7)8/h4-6H2,1-3H3;3H,1-2H3,(H,7,8). The van der Waals surface area contributed by atoms with Crippen molar-refractivity contribution in [1.82, 2.24) is 4.90 Å². The van der Waals surface area contributed by atoms with E-state index in [1.165, 1.54) is 26.6 Å². The average Bonchev–Trinajstić information content (AvgIpc) is 2.21. The third-order valence-corrected chi connectivity index (χ3v) is 2.02. The Morgan fingerprint density at radius 2 is 1.67 bits per heavy atom. The second-order valence-corrected chi connectivity index (χ2v) is 2.98. The van der Waals surface area contributed by atoms with Crippen molar-refractivity contribution < 1.29 is 9.90 Å². The second kappa shape index (κ2) is 11.0. The van der Waals surface area contributed by atoms with Crippen LogP contribution in [-0.2, 0) is 4.79 Å². The molecular weight excluding hydrogens is 190 g/mol. The normalized spacial score (nSPS) is 8.67. The summed E-state index contributed by atoms with van der Waals surface area (Å²) in [6.45, 7) is 13.4. The van der Waals surface area contributed by atoms with E-state index in [0.29, 0.717) is 0 Å². The predicted octanol–water partition coefficient (Wildman–Crippen LogP) is 2.54. The Kier molecular flexibility index (Phi) is 12.0. The molecule has 15 heavy (non-hydrogen) atoms. The molecule has 0 aromatic carbocycles. The first-order valence-electron chi connectivity index (χ1n) is 5.36. The summed E-state index contributed by atoms with van der Waals surface area (Å²) >= 11 is 0. The number of rotatable bonds is 4. The molecule has 0 spiro atoms. The second-order valence-electron chi connectivity index (χ2n) is 2.98. The highest BCUT2D eigenvalue weighted by molar-refractivity contribution is 5.85. The molecule has 0 aromatic heterocycles. The van der Waals surface area contributed by atoms with E-state index in [9.17, 15) is 4.79 Å². The molecule has 0 aliphatic heterocycles. The third-order valence-electron chi connectivity index (χ3n) is 2.02. The fourth-order valence-electron chi connectivity index (χ4n) is 0.949. The van der Waals surface area contributed by atoms with Crippen molar-refractivity contribution in [3.05, 3.63) is 17.4 Å². The van der Waals surface area contributed by atoms with Crippen LogP contribution in [0.25, 0.3) is 0 Å². The fraction of sp³-hybridized carbons (Fsp3) is 0.667. The minimum Gasteiger partial charge on any atom is -0.477 e. The van der Waals surface area contributed by atoms with Gasteiger partial charge in [0.25, 0.3) is 0 Å². The van der Waals surface area contributed by atoms with E-state index in [1.807, 2.05) is 0 Å². The number of carboxylic acid groups (broad SMARTS) is 1. The highest BCUT2D eigenvalue weighted by Crippen LogP contribution is 1.86. The van der Waals surface area contributed by atoms with Gasteiger partial charge >= 0.3 is 5.97 Å². The van der Waals surface area contributed by atoms with Crippen LogP contribution in [0.5, 0.6) is 0 Å². The summed E-state index contributed by atoms with van der Waals surface area (Å²) in [6, 6.07) is 0. The van der Waals surface area contributed by atoms with Gasteiger partial charge in [0.1, 0.15) is 0 Å². The lowest BCUT2D eigenvalue weighted by molar-refractivity contribution is -0.132. The van der Waals surface area contributed by atoms with Gasteiger partial charge in [0.05, 0.1) is 5.57 Å². The third kappa shape index (κ3) is 10.9. The molecule has 0 saturated carbocycles. The van der Waals surface area contributed by atoms with Crippen LogP contribution < -0.4 is 0 Å². The lowest BCUT2D eigenvalue weighted by atomic mass is 10.3. The lowest BCUT2D eigenvalue weighted by Crippen LogP contribution is -2.21. The van der Waals surface area contributed by atoms with Gasteiger partial charge in [0, 0.05) is 0 Å². The first-order chi connectivity index (χ1) is 7.03. The largest absolute Gasteiger partial charge is 0.477 e. The number of carboxylic acids is 1. The van der Waals surface area contributed by atoms with E-state index in [2.05, 4.69) is 31.4 Å². The maximum atomic E-state index is 9.97. The van der Waals surface area contributed by atoms with Crippen LogP contribution in [0.3, 0.4) is 0 Å². The Labute approximate surface area is 93.1 Å². The zero-order chi connectivity index (χ0) is 12.3. The Hall–Kier alpha value is -1.05. The van der Waals surface area contributed by atoms with Crippen LogP contribution in [-0.4, -0.2) is 35.6 Å². The molecule has 0 heterocycles. The smallest absolute Gasteiger partial charge is 0.339 e. The molecule has 3 heteroatoms. The molecule has 0 rings (SSSR count). The van der Waals surface area contributed by atoms with Gasteiger partial charge in [-0.1, -0.05) is 20.8 Å². The van der Waals surface area contributed by atoms with Gasteiger partial charge in [0.15, 0.2) is 0 Å². The number of nitrogens with zero attached hydrogens (tertiary/aromatic N) is 1. The number of aliphatic carboxylic acids is 1. The Morgan fingerprint density at radius 3 is 1.73 bits per heavy atom. The minimum atomic E-state index is -0.914. The Bertz CT molecular complexity index is 218. The van der Waals surface area contributed by atoms with Gasteiger partial charge in [-0.25, -0.2) is 4.79 Å². The van der Waals surface area contributed by atoms with Crippen LogP contribution in [0.4, 0.5) is 0 Å². The van der Waals surface area contributed by atoms with Gasteiger partial charge in [-0.05, 0) is 39.6 Å². The van der Waals surface area contributed by atoms with Crippen molar-refractivity contribution in [2.75, 3.05) is 19.6 Å². The van der Waals surface area contributed by atoms with Gasteiger partial charge in [-0.2, -0.15) is 0 Å². The van der Waals surface area contributed by atoms with Crippen LogP contribution in [0, 0.1) is 0 Å². The van der Waals surface area contributed by atoms with E-state index >= 15 is 0 Å². The maximum Gasteiger partial charge on any atom is 0.339 e. The fourth-order valence-corrected chi connectivity index (χ4v) is 0.949. The summed E-state index contributed by atoms with van der Waals surface area (Å²) in [7, 11) is 0. The molecule has 0 radical (unpaired) electrons. The molecule has 0 atom stereocenters. The lowest BCUT2D eigenvalue weighted by Gasteiger charge is -2.13. The zero-order valence-electron chi connectivity index (χ0n) is 10.5. The summed E-state index contributed by atoms with van der Waals surface area (Å²) in [6.07, 6.45) is 1.57. The summed E-state index contributed by atoms with van der Waals surface area (Å²) < 4.78 is 0. The monoisotopic (exact) mass is 213 g/mol. The van der Waals surface area contributed by atoms with Crippen molar-refractivity contribution in [2.24, 2.45) is 0 Å². The zero-order valence-corrected chi connectivity index (χ0v) is 10.5. The van der Waals surface area contributed by atoms with Crippen molar-refractivity contribution in [1.29, 1.82) is 0 Å². The van der Waals surface area contributed by atoms with E-state index in [1.54, 1.807) is 13.0 Å². The molecule has 0 bridgehead atoms. The van der Waals surface area contributed by atoms with Crippen LogP contribution >= 0.6 is 0 Å². The van der Waals surface area contributed by atoms with E-state index in [-0.39, 0.29) is 5.57 Å². The molecule has 88 valence electrons. The van der Waals surface area contributed by atoms with Gasteiger partial charge in [0.2, 0.25) is 0 Å². The predicted molar refractivity (Wildman–Crippen MR) is 64.0 cm³/mol. The van der Waals surface area contributed by atoms with Gasteiger partial charge < -0.3 is 10.0 Å². The first-order valence-corrected chi connectivity index (χ1v) is 5.36. The molecule has 0 amide bonds. The van der Waals surface area contributed by atoms with Crippen molar-refractivity contribution in [3.8, 4) is 0 Å². The average molecular weight is 213 g/mol. The van der Waals surface area contributed by atoms with Crippen molar-refractivity contribution in [3.63, 3.8) is 0 Å². The molecule has 1 N–H and O–H groups in total. The molecule has 0 unspecified atom stereocenters. The van der Waals surface area contributed by atoms with Crippen LogP contribution in [0.15, 0.2) is 17.4 Å². The quantitative estimate of drug-likeness (QED) is 0.576. The highest BCUT2D eigenvalue weighted by atomic mass is 16.4. The number of carbonyl (C=O) groups is 1. The van der Waals surface area contributed by atoms with Gasteiger partial charge in [-0.15, -0.1) is 5.73 Å². The van der Waals surface area contributed by atoms with E-state index < -0.39 is 5.97 Å². The molecule has 0 aliphatic rings. The van der Waals surface area contributed by atoms with E-state index in [0.717, 1.165) is 0 Å². The molecular formula is C12H23NO2. The first kappa shape index (κ1) is 16.4. The summed E-state index contributed by atoms with van der Waals surface area (Å²) in [5.41, 5.74) is 2.78. The maximum absolute atomic E-state index is 9.97. The molecule has 0 aromatic rings. The van der Waals surface area contributed by atoms with Crippen LogP contribution in [0.2, 0.25) is 0 Å². The number of hydrogen-bond acceptors (Lipinski definition) is 2. The Balaban J connectivity index is 0. The highest BCUT2D eigenvalue weighted by Gasteiger charge is 1.94. The summed E-state index contributed by atoms with van der Waals surface area (Å²) in [5, 5.41) is 8.19. The molecule has 0 saturated heterocycles. The molecule has 0 aliphatic carbocycles. The SMILES string of the molecule is CC=C=C(C)C(=O)O.CCN(CC)CC. The topological polar surface area (TPSA) is 40.5 Å². The summed E-state index contributed by atoms with van der Waals surface area (Å²) in [4.78, 5) is 12.3.